The van der Waals surface area contributed by atoms with Crippen molar-refractivity contribution >= 4 is 75.5 Å². The summed E-state index contributed by atoms with van der Waals surface area (Å²) in [5.74, 6) is -1.25. The van der Waals surface area contributed by atoms with Gasteiger partial charge in [-0.1, -0.05) is 34.8 Å². The van der Waals surface area contributed by atoms with Crippen LogP contribution in [-0.2, 0) is 4.79 Å². The molecule has 0 aromatic heterocycles. The summed E-state index contributed by atoms with van der Waals surface area (Å²) in [6.45, 7) is 0.624. The smallest absolute Gasteiger partial charge is 0.252 e. The van der Waals surface area contributed by atoms with Crippen LogP contribution in [0.2, 0.25) is 15.1 Å². The van der Waals surface area contributed by atoms with E-state index >= 15 is 0 Å². The van der Waals surface area contributed by atoms with E-state index in [-0.39, 0.29) is 11.8 Å². The molecular formula is C21H17Cl5N2O2. The van der Waals surface area contributed by atoms with Gasteiger partial charge in [0.15, 0.2) is 0 Å². The van der Waals surface area contributed by atoms with Crippen molar-refractivity contribution in [2.75, 3.05) is 11.9 Å². The third-order valence-corrected chi connectivity index (χ3v) is 7.01. The van der Waals surface area contributed by atoms with E-state index in [4.69, 9.17) is 58.0 Å². The van der Waals surface area contributed by atoms with Crippen LogP contribution in [0.1, 0.15) is 34.7 Å². The van der Waals surface area contributed by atoms with Crippen LogP contribution in [0.5, 0.6) is 0 Å². The van der Waals surface area contributed by atoms with Gasteiger partial charge in [-0.2, -0.15) is 0 Å². The van der Waals surface area contributed by atoms with Crippen molar-refractivity contribution in [2.24, 2.45) is 11.8 Å². The lowest BCUT2D eigenvalue weighted by molar-refractivity contribution is -0.117. The zero-order valence-electron chi connectivity index (χ0n) is 15.5. The van der Waals surface area contributed by atoms with Gasteiger partial charge in [0.1, 0.15) is 4.33 Å². The van der Waals surface area contributed by atoms with Crippen LogP contribution >= 0.6 is 58.0 Å². The molecule has 158 valence electrons. The molecule has 2 aliphatic carbocycles. The average molecular weight is 507 g/mol. The quantitative estimate of drug-likeness (QED) is 0.451. The summed E-state index contributed by atoms with van der Waals surface area (Å²) in [6.07, 6.45) is 2.26. The standard InChI is InChI=1S/C21H17Cl5N2O2/c22-12-5-11(6-13(23)7-12)17-18(21(17,25)26)20(30)28-14-3-4-16(24)15(8-14)19(29)27-9-10-1-2-10/h3-8,10,17-18H,1-2,9H2,(H,27,29)(H,28,30). The number of alkyl halides is 2. The Morgan fingerprint density at radius 1 is 1.00 bits per heavy atom. The highest BCUT2D eigenvalue weighted by Crippen LogP contribution is 2.65. The highest BCUT2D eigenvalue weighted by atomic mass is 35.5. The van der Waals surface area contributed by atoms with Gasteiger partial charge in [-0.05, 0) is 60.7 Å². The Morgan fingerprint density at radius 3 is 2.30 bits per heavy atom. The molecule has 2 atom stereocenters. The number of hydrogen-bond acceptors (Lipinski definition) is 2. The topological polar surface area (TPSA) is 58.2 Å². The summed E-state index contributed by atoms with van der Waals surface area (Å²) in [4.78, 5) is 25.3. The molecule has 0 bridgehead atoms. The third-order valence-electron chi connectivity index (χ3n) is 5.31. The predicted octanol–water partition coefficient (Wildman–Crippen LogP) is 6.31. The minimum absolute atomic E-state index is 0.273. The second-order valence-corrected chi connectivity index (χ2v) is 10.4. The number of rotatable bonds is 6. The van der Waals surface area contributed by atoms with E-state index < -0.39 is 16.2 Å². The van der Waals surface area contributed by atoms with Crippen LogP contribution in [0.25, 0.3) is 0 Å². The molecule has 2 amide bonds. The fourth-order valence-corrected chi connectivity index (χ4v) is 5.05. The lowest BCUT2D eigenvalue weighted by Crippen LogP contribution is -2.26. The summed E-state index contributed by atoms with van der Waals surface area (Å²) in [7, 11) is 0. The van der Waals surface area contributed by atoms with E-state index in [1.165, 1.54) is 0 Å². The van der Waals surface area contributed by atoms with E-state index in [9.17, 15) is 9.59 Å². The molecule has 0 radical (unpaired) electrons. The fraction of sp³-hybridized carbons (Fsp3) is 0.333. The Bertz CT molecular complexity index is 1000. The van der Waals surface area contributed by atoms with Gasteiger partial charge < -0.3 is 10.6 Å². The predicted molar refractivity (Wildman–Crippen MR) is 122 cm³/mol. The lowest BCUT2D eigenvalue weighted by Gasteiger charge is -2.10. The van der Waals surface area contributed by atoms with Crippen molar-refractivity contribution in [2.45, 2.75) is 23.1 Å². The highest BCUT2D eigenvalue weighted by Gasteiger charge is 2.67. The van der Waals surface area contributed by atoms with Crippen molar-refractivity contribution < 1.29 is 9.59 Å². The molecule has 4 rings (SSSR count). The van der Waals surface area contributed by atoms with Gasteiger partial charge >= 0.3 is 0 Å². The van der Waals surface area contributed by atoms with Gasteiger partial charge in [0.25, 0.3) is 5.91 Å². The number of carbonyl (C=O) groups excluding carboxylic acids is 2. The summed E-state index contributed by atoms with van der Waals surface area (Å²) in [6, 6.07) is 9.71. The maximum Gasteiger partial charge on any atom is 0.252 e. The highest BCUT2D eigenvalue weighted by molar-refractivity contribution is 6.53. The largest absolute Gasteiger partial charge is 0.352 e. The third kappa shape index (κ3) is 4.68. The Morgan fingerprint density at radius 2 is 1.67 bits per heavy atom. The van der Waals surface area contributed by atoms with E-state index in [0.29, 0.717) is 44.3 Å². The maximum absolute atomic E-state index is 12.9. The van der Waals surface area contributed by atoms with Gasteiger partial charge in [-0.3, -0.25) is 9.59 Å². The number of hydrogen-bond donors (Lipinski definition) is 2. The molecule has 2 saturated carbocycles. The summed E-state index contributed by atoms with van der Waals surface area (Å²) < 4.78 is -1.28. The van der Waals surface area contributed by atoms with Crippen LogP contribution in [0, 0.1) is 11.8 Å². The van der Waals surface area contributed by atoms with Crippen LogP contribution in [0.15, 0.2) is 36.4 Å². The first-order chi connectivity index (χ1) is 14.2. The molecule has 2 unspecified atom stereocenters. The molecule has 0 spiro atoms. The first kappa shape index (κ1) is 22.0. The van der Waals surface area contributed by atoms with Crippen molar-refractivity contribution in [3.05, 3.63) is 62.6 Å². The van der Waals surface area contributed by atoms with E-state index in [1.807, 2.05) is 0 Å². The normalized spacial score (nSPS) is 21.8. The molecule has 2 aromatic carbocycles. The minimum Gasteiger partial charge on any atom is -0.352 e. The molecule has 0 aliphatic heterocycles. The number of halogens is 5. The van der Waals surface area contributed by atoms with Crippen molar-refractivity contribution in [3.63, 3.8) is 0 Å². The Kier molecular flexibility index (Phi) is 6.17. The number of nitrogens with one attached hydrogen (secondary N) is 2. The number of carbonyl (C=O) groups is 2. The van der Waals surface area contributed by atoms with Gasteiger partial charge in [0.2, 0.25) is 5.91 Å². The van der Waals surface area contributed by atoms with Crippen molar-refractivity contribution in [1.82, 2.24) is 5.32 Å². The van der Waals surface area contributed by atoms with Crippen LogP contribution in [-0.4, -0.2) is 22.7 Å². The van der Waals surface area contributed by atoms with E-state index in [1.54, 1.807) is 36.4 Å². The van der Waals surface area contributed by atoms with Crippen molar-refractivity contribution in [1.29, 1.82) is 0 Å². The first-order valence-electron chi connectivity index (χ1n) is 9.39. The SMILES string of the molecule is O=C(NCC1CC1)c1cc(NC(=O)C2C(c3cc(Cl)cc(Cl)c3)C2(Cl)Cl)ccc1Cl. The monoisotopic (exact) mass is 504 g/mol. The summed E-state index contributed by atoms with van der Waals surface area (Å²) in [5.41, 5.74) is 1.42. The molecule has 9 heteroatoms. The Balaban J connectivity index is 1.48. The van der Waals surface area contributed by atoms with E-state index in [0.717, 1.165) is 12.8 Å². The van der Waals surface area contributed by atoms with Gasteiger partial charge in [-0.25, -0.2) is 0 Å². The molecule has 4 nitrogen and oxygen atoms in total. The zero-order chi connectivity index (χ0) is 21.6. The molecule has 0 saturated heterocycles. The van der Waals surface area contributed by atoms with Crippen molar-refractivity contribution in [3.8, 4) is 0 Å². The Labute approximate surface area is 199 Å². The number of benzene rings is 2. The van der Waals surface area contributed by atoms with Gasteiger partial charge in [-0.15, -0.1) is 23.2 Å². The van der Waals surface area contributed by atoms with Crippen LogP contribution < -0.4 is 10.6 Å². The van der Waals surface area contributed by atoms with Crippen LogP contribution in [0.3, 0.4) is 0 Å². The molecule has 0 heterocycles. The zero-order valence-corrected chi connectivity index (χ0v) is 19.3. The van der Waals surface area contributed by atoms with Gasteiger partial charge in [0.05, 0.1) is 16.5 Å². The lowest BCUT2D eigenvalue weighted by atomic mass is 10.1. The molecule has 2 N–H and O–H groups in total. The Hall–Kier alpha value is -1.17. The minimum atomic E-state index is -1.28. The summed E-state index contributed by atoms with van der Waals surface area (Å²) >= 11 is 31.1. The molecular weight excluding hydrogens is 490 g/mol. The van der Waals surface area contributed by atoms with E-state index in [2.05, 4.69) is 10.6 Å². The average Bonchev–Trinajstić information content (AvgIpc) is 3.56. The second-order valence-electron chi connectivity index (χ2n) is 7.67. The first-order valence-corrected chi connectivity index (χ1v) is 11.3. The molecule has 2 aromatic rings. The molecule has 30 heavy (non-hydrogen) atoms. The molecule has 2 aliphatic rings. The number of anilines is 1. The van der Waals surface area contributed by atoms with Crippen LogP contribution in [0.4, 0.5) is 5.69 Å². The fourth-order valence-electron chi connectivity index (χ4n) is 3.47. The number of amides is 2. The maximum atomic E-state index is 12.9. The summed E-state index contributed by atoms with van der Waals surface area (Å²) in [5, 5.41) is 6.83. The molecule has 2 fully saturated rings. The van der Waals surface area contributed by atoms with Gasteiger partial charge in [0, 0.05) is 28.2 Å². The second kappa shape index (κ2) is 8.40.